The molecule has 0 saturated carbocycles. The number of fused-ring (bicyclic) bond motifs is 1. The van der Waals surface area contributed by atoms with Crippen LogP contribution in [0, 0.1) is 6.92 Å². The first kappa shape index (κ1) is 18.7. The first-order valence-corrected chi connectivity index (χ1v) is 10.8. The Bertz CT molecular complexity index is 1280. The molecule has 0 radical (unpaired) electrons. The quantitative estimate of drug-likeness (QED) is 0.508. The molecule has 1 N–H and O–H groups in total. The summed E-state index contributed by atoms with van der Waals surface area (Å²) < 4.78 is 35.2. The molecule has 0 bridgehead atoms. The van der Waals surface area contributed by atoms with Crippen LogP contribution in [0.4, 0.5) is 5.69 Å². The Morgan fingerprint density at radius 1 is 1.18 bits per heavy atom. The highest BCUT2D eigenvalue weighted by Gasteiger charge is 2.18. The van der Waals surface area contributed by atoms with Gasteiger partial charge >= 0.3 is 0 Å². The summed E-state index contributed by atoms with van der Waals surface area (Å²) in [5.74, 6) is 0.475. The van der Waals surface area contributed by atoms with Gasteiger partial charge in [-0.25, -0.2) is 17.9 Å². The first-order valence-electron chi connectivity index (χ1n) is 8.15. The van der Waals surface area contributed by atoms with Crippen molar-refractivity contribution in [3.8, 4) is 17.1 Å². The van der Waals surface area contributed by atoms with Crippen molar-refractivity contribution >= 4 is 44.3 Å². The molecule has 7 nitrogen and oxygen atoms in total. The van der Waals surface area contributed by atoms with Crippen molar-refractivity contribution in [2.45, 2.75) is 11.1 Å². The Morgan fingerprint density at radius 3 is 2.71 bits per heavy atom. The number of nitrogens with zero attached hydrogens (tertiary/aromatic N) is 3. The smallest absolute Gasteiger partial charge is 0.271 e. The number of ether oxygens (including phenoxy) is 1. The van der Waals surface area contributed by atoms with Crippen LogP contribution in [0.3, 0.4) is 0 Å². The molecule has 0 atom stereocenters. The predicted molar refractivity (Wildman–Crippen MR) is 110 cm³/mol. The molecular weight excluding hydrogens is 420 g/mol. The molecule has 144 valence electrons. The number of hydrogen-bond acceptors (Lipinski definition) is 6. The zero-order valence-corrected chi connectivity index (χ0v) is 17.3. The number of hydrogen-bond donors (Lipinski definition) is 1. The summed E-state index contributed by atoms with van der Waals surface area (Å²) in [5, 5.41) is 4.29. The second-order valence-electron chi connectivity index (χ2n) is 6.00. The molecular formula is C18H15ClN4O3S2. The highest BCUT2D eigenvalue weighted by atomic mass is 35.5. The Hall–Kier alpha value is -2.62. The molecule has 0 amide bonds. The van der Waals surface area contributed by atoms with Crippen molar-refractivity contribution in [1.29, 1.82) is 0 Å². The van der Waals surface area contributed by atoms with Gasteiger partial charge in [-0.2, -0.15) is 0 Å². The molecule has 0 fully saturated rings. The van der Waals surface area contributed by atoms with Crippen LogP contribution in [0.5, 0.6) is 5.88 Å². The molecule has 0 saturated heterocycles. The van der Waals surface area contributed by atoms with Crippen LogP contribution >= 0.6 is 22.9 Å². The second-order valence-corrected chi connectivity index (χ2v) is 9.62. The molecule has 1 aromatic carbocycles. The Morgan fingerprint density at radius 2 is 2.00 bits per heavy atom. The van der Waals surface area contributed by atoms with Crippen LogP contribution in [0.15, 0.2) is 52.9 Å². The fraction of sp³-hybridized carbons (Fsp3) is 0.111. The maximum Gasteiger partial charge on any atom is 0.271 e. The average Bonchev–Trinajstić information content (AvgIpc) is 3.29. The lowest BCUT2D eigenvalue weighted by atomic mass is 10.1. The van der Waals surface area contributed by atoms with E-state index in [2.05, 4.69) is 14.8 Å². The zero-order valence-electron chi connectivity index (χ0n) is 14.9. The number of halogens is 1. The maximum atomic E-state index is 12.6. The number of thiophene rings is 1. The van der Waals surface area contributed by atoms with E-state index in [0.29, 0.717) is 27.2 Å². The summed E-state index contributed by atoms with van der Waals surface area (Å²) in [6.07, 6.45) is 1.76. The third-order valence-corrected chi connectivity index (χ3v) is 7.18. The summed E-state index contributed by atoms with van der Waals surface area (Å²) in [6, 6.07) is 12.0. The van der Waals surface area contributed by atoms with Gasteiger partial charge in [0.2, 0.25) is 5.88 Å². The number of imidazole rings is 1. The topological polar surface area (TPSA) is 85.6 Å². The summed E-state index contributed by atoms with van der Waals surface area (Å²) in [4.78, 5) is 4.54. The van der Waals surface area contributed by atoms with Crippen LogP contribution in [0.25, 0.3) is 16.9 Å². The fourth-order valence-corrected chi connectivity index (χ4v) is 5.25. The van der Waals surface area contributed by atoms with Gasteiger partial charge in [-0.05, 0) is 36.8 Å². The number of methoxy groups -OCH3 is 1. The lowest BCUT2D eigenvalue weighted by molar-refractivity contribution is 0.390. The predicted octanol–water partition coefficient (Wildman–Crippen LogP) is 4.23. The molecule has 0 unspecified atom stereocenters. The number of aryl methyl sites for hydroxylation is 1. The molecule has 3 heterocycles. The highest BCUT2D eigenvalue weighted by molar-refractivity contribution is 7.94. The third-order valence-electron chi connectivity index (χ3n) is 4.10. The minimum absolute atomic E-state index is 0.159. The standard InChI is InChI=1S/C18H15ClN4O3S2/c1-11-3-4-12(14-10-23-16(20-14)6-7-17(21-23)26-2)9-13(11)22-28(24,25)18-8-5-15(19)27-18/h3-10,22H,1-2H3. The van der Waals surface area contributed by atoms with Crippen LogP contribution in [0.2, 0.25) is 4.34 Å². The maximum absolute atomic E-state index is 12.6. The van der Waals surface area contributed by atoms with E-state index in [1.54, 1.807) is 42.1 Å². The molecule has 4 aromatic rings. The van der Waals surface area contributed by atoms with E-state index in [4.69, 9.17) is 16.3 Å². The summed E-state index contributed by atoms with van der Waals surface area (Å²) in [6.45, 7) is 1.83. The van der Waals surface area contributed by atoms with Gasteiger partial charge in [0.05, 0.1) is 29.0 Å². The zero-order chi connectivity index (χ0) is 19.9. The van der Waals surface area contributed by atoms with Crippen LogP contribution < -0.4 is 9.46 Å². The first-order chi connectivity index (χ1) is 13.4. The average molecular weight is 435 g/mol. The molecule has 0 aliphatic heterocycles. The van der Waals surface area contributed by atoms with E-state index in [1.165, 1.54) is 6.07 Å². The highest BCUT2D eigenvalue weighted by Crippen LogP contribution is 2.30. The van der Waals surface area contributed by atoms with Crippen LogP contribution in [-0.4, -0.2) is 30.1 Å². The van der Waals surface area contributed by atoms with Gasteiger partial charge in [-0.3, -0.25) is 4.72 Å². The van der Waals surface area contributed by atoms with E-state index in [9.17, 15) is 8.42 Å². The lowest BCUT2D eigenvalue weighted by Crippen LogP contribution is -2.12. The summed E-state index contributed by atoms with van der Waals surface area (Å²) in [5.41, 5.74) is 3.35. The van der Waals surface area contributed by atoms with Crippen molar-refractivity contribution < 1.29 is 13.2 Å². The van der Waals surface area contributed by atoms with Gasteiger partial charge in [-0.1, -0.05) is 23.7 Å². The van der Waals surface area contributed by atoms with Crippen LogP contribution in [-0.2, 0) is 10.0 Å². The molecule has 3 aromatic heterocycles. The van der Waals surface area contributed by atoms with Crippen molar-refractivity contribution in [3.63, 3.8) is 0 Å². The Balaban J connectivity index is 1.71. The molecule has 4 rings (SSSR count). The van der Waals surface area contributed by atoms with Gasteiger partial charge in [0.1, 0.15) is 4.21 Å². The fourth-order valence-electron chi connectivity index (χ4n) is 2.64. The van der Waals surface area contributed by atoms with E-state index in [-0.39, 0.29) is 4.21 Å². The van der Waals surface area contributed by atoms with Gasteiger partial charge in [0.15, 0.2) is 5.65 Å². The Kier molecular flexibility index (Phi) is 4.74. The third kappa shape index (κ3) is 3.56. The molecule has 0 aliphatic rings. The van der Waals surface area contributed by atoms with Crippen molar-refractivity contribution in [2.24, 2.45) is 0 Å². The number of benzene rings is 1. The summed E-state index contributed by atoms with van der Waals surface area (Å²) >= 11 is 6.87. The lowest BCUT2D eigenvalue weighted by Gasteiger charge is -2.10. The largest absolute Gasteiger partial charge is 0.480 e. The van der Waals surface area contributed by atoms with E-state index in [0.717, 1.165) is 22.5 Å². The number of anilines is 1. The van der Waals surface area contributed by atoms with Gasteiger partial charge < -0.3 is 4.74 Å². The van der Waals surface area contributed by atoms with Gasteiger partial charge in [-0.15, -0.1) is 16.4 Å². The number of aromatic nitrogens is 3. The molecule has 0 spiro atoms. The Labute approximate surface area is 170 Å². The van der Waals surface area contributed by atoms with Gasteiger partial charge in [0.25, 0.3) is 10.0 Å². The monoisotopic (exact) mass is 434 g/mol. The second kappa shape index (κ2) is 7.08. The molecule has 10 heteroatoms. The molecule has 0 aliphatic carbocycles. The van der Waals surface area contributed by atoms with Crippen molar-refractivity contribution in [1.82, 2.24) is 14.6 Å². The summed E-state index contributed by atoms with van der Waals surface area (Å²) in [7, 11) is -2.17. The van der Waals surface area contributed by atoms with E-state index >= 15 is 0 Å². The number of nitrogens with one attached hydrogen (secondary N) is 1. The van der Waals surface area contributed by atoms with Crippen molar-refractivity contribution in [2.75, 3.05) is 11.8 Å². The van der Waals surface area contributed by atoms with Crippen molar-refractivity contribution in [3.05, 3.63) is 58.6 Å². The van der Waals surface area contributed by atoms with E-state index in [1.807, 2.05) is 19.1 Å². The number of rotatable bonds is 5. The minimum Gasteiger partial charge on any atom is -0.480 e. The van der Waals surface area contributed by atoms with E-state index < -0.39 is 10.0 Å². The SMILES string of the molecule is COc1ccc2nc(-c3ccc(C)c(NS(=O)(=O)c4ccc(Cl)s4)c3)cn2n1. The molecule has 28 heavy (non-hydrogen) atoms. The normalized spacial score (nSPS) is 11.7. The van der Waals surface area contributed by atoms with Crippen LogP contribution in [0.1, 0.15) is 5.56 Å². The minimum atomic E-state index is -3.72. The van der Waals surface area contributed by atoms with Gasteiger partial charge in [0, 0.05) is 11.6 Å². The number of sulfonamides is 1.